The zero-order valence-corrected chi connectivity index (χ0v) is 8.84. The van der Waals surface area contributed by atoms with E-state index in [4.69, 9.17) is 0 Å². The molecule has 0 aromatic heterocycles. The van der Waals surface area contributed by atoms with E-state index in [0.29, 0.717) is 0 Å². The van der Waals surface area contributed by atoms with Crippen LogP contribution in [0, 0.1) is 6.92 Å². The van der Waals surface area contributed by atoms with E-state index in [1.807, 2.05) is 11.8 Å². The minimum absolute atomic E-state index is 1.14. The number of hydrogen-bond donors (Lipinski definition) is 1. The smallest absolute Gasteiger partial charge is 0.0107 e. The van der Waals surface area contributed by atoms with Crippen LogP contribution in [-0.2, 0) is 6.42 Å². The SMILES string of the molecule is Cc1c(S)ccc2c1CCCS2. The Balaban J connectivity index is 2.54. The largest absolute Gasteiger partial charge is 0.143 e. The molecule has 0 radical (unpaired) electrons. The minimum atomic E-state index is 1.14. The predicted octanol–water partition coefficient (Wildman–Crippen LogP) is 3.32. The van der Waals surface area contributed by atoms with Gasteiger partial charge in [0.05, 0.1) is 0 Å². The third kappa shape index (κ3) is 1.38. The number of fused-ring (bicyclic) bond motifs is 1. The first-order valence-corrected chi connectivity index (χ1v) is 5.66. The van der Waals surface area contributed by atoms with Crippen molar-refractivity contribution in [2.75, 3.05) is 5.75 Å². The van der Waals surface area contributed by atoms with Crippen LogP contribution in [0.4, 0.5) is 0 Å². The van der Waals surface area contributed by atoms with Gasteiger partial charge in [-0.3, -0.25) is 0 Å². The fraction of sp³-hybridized carbons (Fsp3) is 0.400. The van der Waals surface area contributed by atoms with Gasteiger partial charge in [0.2, 0.25) is 0 Å². The second kappa shape index (κ2) is 3.35. The third-order valence-corrected chi connectivity index (χ3v) is 4.03. The Bertz CT molecular complexity index is 305. The van der Waals surface area contributed by atoms with Crippen LogP contribution >= 0.6 is 24.4 Å². The lowest BCUT2D eigenvalue weighted by Gasteiger charge is -2.18. The van der Waals surface area contributed by atoms with Crippen LogP contribution in [-0.4, -0.2) is 5.75 Å². The van der Waals surface area contributed by atoms with Gasteiger partial charge < -0.3 is 0 Å². The molecule has 64 valence electrons. The van der Waals surface area contributed by atoms with E-state index in [-0.39, 0.29) is 0 Å². The van der Waals surface area contributed by atoms with Gasteiger partial charge in [0.1, 0.15) is 0 Å². The van der Waals surface area contributed by atoms with Crippen LogP contribution in [0.5, 0.6) is 0 Å². The molecule has 0 bridgehead atoms. The Morgan fingerprint density at radius 1 is 1.42 bits per heavy atom. The molecule has 2 rings (SSSR count). The molecule has 1 aromatic rings. The molecule has 0 spiro atoms. The highest BCUT2D eigenvalue weighted by molar-refractivity contribution is 7.99. The Labute approximate surface area is 83.2 Å². The van der Waals surface area contributed by atoms with Gasteiger partial charge in [-0.05, 0) is 48.8 Å². The van der Waals surface area contributed by atoms with E-state index in [0.717, 1.165) is 4.90 Å². The first-order chi connectivity index (χ1) is 5.79. The maximum absolute atomic E-state index is 4.42. The fourth-order valence-corrected chi connectivity index (χ4v) is 2.91. The average molecular weight is 196 g/mol. The molecular formula is C10H12S2. The van der Waals surface area contributed by atoms with Crippen molar-refractivity contribution < 1.29 is 0 Å². The molecule has 1 aromatic carbocycles. The summed E-state index contributed by atoms with van der Waals surface area (Å²) in [7, 11) is 0. The van der Waals surface area contributed by atoms with Gasteiger partial charge in [0.25, 0.3) is 0 Å². The summed E-state index contributed by atoms with van der Waals surface area (Å²) in [6, 6.07) is 4.31. The minimum Gasteiger partial charge on any atom is -0.143 e. The molecule has 0 nitrogen and oxygen atoms in total. The number of thioether (sulfide) groups is 1. The highest BCUT2D eigenvalue weighted by atomic mass is 32.2. The molecule has 1 aliphatic heterocycles. The lowest BCUT2D eigenvalue weighted by atomic mass is 10.0. The van der Waals surface area contributed by atoms with Crippen molar-refractivity contribution in [3.63, 3.8) is 0 Å². The van der Waals surface area contributed by atoms with Crippen LogP contribution in [0.2, 0.25) is 0 Å². The molecule has 0 fully saturated rings. The van der Waals surface area contributed by atoms with E-state index in [1.165, 1.54) is 34.6 Å². The van der Waals surface area contributed by atoms with Crippen molar-refractivity contribution >= 4 is 24.4 Å². The lowest BCUT2D eigenvalue weighted by Crippen LogP contribution is -2.01. The summed E-state index contributed by atoms with van der Waals surface area (Å²) in [6.45, 7) is 2.17. The van der Waals surface area contributed by atoms with Gasteiger partial charge in [-0.15, -0.1) is 24.4 Å². The van der Waals surface area contributed by atoms with Crippen molar-refractivity contribution in [1.29, 1.82) is 0 Å². The summed E-state index contributed by atoms with van der Waals surface area (Å²) < 4.78 is 0. The van der Waals surface area contributed by atoms with E-state index >= 15 is 0 Å². The third-order valence-electron chi connectivity index (χ3n) is 2.36. The van der Waals surface area contributed by atoms with Crippen LogP contribution in [0.1, 0.15) is 17.5 Å². The normalized spacial score (nSPS) is 15.8. The number of benzene rings is 1. The maximum Gasteiger partial charge on any atom is 0.0107 e. The van der Waals surface area contributed by atoms with Gasteiger partial charge in [-0.25, -0.2) is 0 Å². The van der Waals surface area contributed by atoms with E-state index < -0.39 is 0 Å². The molecule has 0 atom stereocenters. The highest BCUT2D eigenvalue weighted by Gasteiger charge is 2.12. The Kier molecular flexibility index (Phi) is 2.37. The molecule has 0 saturated carbocycles. The van der Waals surface area contributed by atoms with Crippen molar-refractivity contribution in [2.45, 2.75) is 29.6 Å². The first-order valence-electron chi connectivity index (χ1n) is 4.23. The van der Waals surface area contributed by atoms with Crippen molar-refractivity contribution in [3.05, 3.63) is 23.3 Å². The molecule has 0 aliphatic carbocycles. The summed E-state index contributed by atoms with van der Waals surface area (Å²) in [6.07, 6.45) is 2.55. The van der Waals surface area contributed by atoms with Crippen LogP contribution in [0.3, 0.4) is 0 Å². The zero-order valence-electron chi connectivity index (χ0n) is 7.13. The van der Waals surface area contributed by atoms with E-state index in [9.17, 15) is 0 Å². The lowest BCUT2D eigenvalue weighted by molar-refractivity contribution is 0.870. The molecule has 12 heavy (non-hydrogen) atoms. The number of thiol groups is 1. The van der Waals surface area contributed by atoms with Crippen LogP contribution in [0.25, 0.3) is 0 Å². The molecule has 0 unspecified atom stereocenters. The van der Waals surface area contributed by atoms with Crippen LogP contribution < -0.4 is 0 Å². The van der Waals surface area contributed by atoms with Crippen molar-refractivity contribution in [2.24, 2.45) is 0 Å². The molecule has 1 aliphatic rings. The summed E-state index contributed by atoms with van der Waals surface area (Å²) in [5.41, 5.74) is 2.90. The van der Waals surface area contributed by atoms with Gasteiger partial charge in [-0.2, -0.15) is 0 Å². The first kappa shape index (κ1) is 8.52. The van der Waals surface area contributed by atoms with Crippen molar-refractivity contribution in [1.82, 2.24) is 0 Å². The monoisotopic (exact) mass is 196 g/mol. The van der Waals surface area contributed by atoms with Gasteiger partial charge in [0, 0.05) is 9.79 Å². The number of hydrogen-bond acceptors (Lipinski definition) is 2. The second-order valence-electron chi connectivity index (χ2n) is 3.14. The molecule has 0 N–H and O–H groups in total. The Morgan fingerprint density at radius 3 is 3.08 bits per heavy atom. The summed E-state index contributed by atoms with van der Waals surface area (Å²) in [5, 5.41) is 0. The number of rotatable bonds is 0. The van der Waals surface area contributed by atoms with Gasteiger partial charge in [0.15, 0.2) is 0 Å². The van der Waals surface area contributed by atoms with E-state index in [1.54, 1.807) is 0 Å². The topological polar surface area (TPSA) is 0 Å². The summed E-state index contributed by atoms with van der Waals surface area (Å²) in [4.78, 5) is 2.60. The maximum atomic E-state index is 4.42. The van der Waals surface area contributed by atoms with Crippen LogP contribution in [0.15, 0.2) is 21.9 Å². The molecule has 2 heteroatoms. The predicted molar refractivity (Wildman–Crippen MR) is 57.5 cm³/mol. The average Bonchev–Trinajstić information content (AvgIpc) is 2.12. The molecule has 1 heterocycles. The standard InChI is InChI=1S/C10H12S2/c1-7-8-3-2-6-12-10(8)5-4-9(7)11/h4-5,11H,2-3,6H2,1H3. The quantitative estimate of drug-likeness (QED) is 0.621. The van der Waals surface area contributed by atoms with Gasteiger partial charge in [-0.1, -0.05) is 0 Å². The molecule has 0 amide bonds. The fourth-order valence-electron chi connectivity index (χ4n) is 1.60. The van der Waals surface area contributed by atoms with E-state index in [2.05, 4.69) is 31.7 Å². The molecule has 0 saturated heterocycles. The van der Waals surface area contributed by atoms with Crippen molar-refractivity contribution in [3.8, 4) is 0 Å². The summed E-state index contributed by atoms with van der Waals surface area (Å²) in [5.74, 6) is 1.28. The Hall–Kier alpha value is -0.0800. The second-order valence-corrected chi connectivity index (χ2v) is 4.76. The Morgan fingerprint density at radius 2 is 2.25 bits per heavy atom. The van der Waals surface area contributed by atoms with Gasteiger partial charge >= 0.3 is 0 Å². The summed E-state index contributed by atoms with van der Waals surface area (Å²) >= 11 is 6.40. The highest BCUT2D eigenvalue weighted by Crippen LogP contribution is 2.34. The molecular weight excluding hydrogens is 184 g/mol. The zero-order chi connectivity index (χ0) is 8.55.